The largest absolute Gasteiger partial charge is 0.508 e. The Kier molecular flexibility index (Phi) is 4.79. The number of ether oxygens (including phenoxy) is 1. The molecule has 0 aliphatic heterocycles. The number of rotatable bonds is 6. The number of hydrogen-bond acceptors (Lipinski definition) is 3. The van der Waals surface area contributed by atoms with E-state index < -0.39 is 12.1 Å². The minimum Gasteiger partial charge on any atom is -0.508 e. The number of aromatic hydroxyl groups is 1. The van der Waals surface area contributed by atoms with E-state index in [-0.39, 0.29) is 12.2 Å². The number of carboxylic acids is 1. The molecule has 4 nitrogen and oxygen atoms in total. The molecule has 0 unspecified atom stereocenters. The highest BCUT2D eigenvalue weighted by Crippen LogP contribution is 2.14. The second-order valence-corrected chi connectivity index (χ2v) is 3.57. The summed E-state index contributed by atoms with van der Waals surface area (Å²) in [5, 5.41) is 18.2. The van der Waals surface area contributed by atoms with Crippen LogP contribution in [0.2, 0.25) is 0 Å². The first-order chi connectivity index (χ1) is 7.63. The van der Waals surface area contributed by atoms with Gasteiger partial charge in [0.1, 0.15) is 5.75 Å². The van der Waals surface area contributed by atoms with Gasteiger partial charge in [-0.15, -0.1) is 0 Å². The maximum absolute atomic E-state index is 10.9. The molecule has 0 fully saturated rings. The van der Waals surface area contributed by atoms with Gasteiger partial charge in [-0.3, -0.25) is 0 Å². The van der Waals surface area contributed by atoms with Crippen molar-refractivity contribution in [3.05, 3.63) is 29.8 Å². The van der Waals surface area contributed by atoms with Crippen molar-refractivity contribution in [3.8, 4) is 5.75 Å². The molecule has 0 aromatic heterocycles. The molecule has 2 N–H and O–H groups in total. The zero-order valence-electron chi connectivity index (χ0n) is 9.22. The zero-order valence-corrected chi connectivity index (χ0v) is 9.22. The van der Waals surface area contributed by atoms with Gasteiger partial charge in [-0.1, -0.05) is 19.1 Å². The molecule has 16 heavy (non-hydrogen) atoms. The van der Waals surface area contributed by atoms with E-state index >= 15 is 0 Å². The molecule has 0 bridgehead atoms. The second kappa shape index (κ2) is 6.12. The third-order valence-corrected chi connectivity index (χ3v) is 2.13. The Morgan fingerprint density at radius 2 is 2.25 bits per heavy atom. The van der Waals surface area contributed by atoms with E-state index in [4.69, 9.17) is 9.84 Å². The first-order valence-electron chi connectivity index (χ1n) is 5.25. The molecule has 0 radical (unpaired) electrons. The third-order valence-electron chi connectivity index (χ3n) is 2.13. The van der Waals surface area contributed by atoms with Crippen LogP contribution >= 0.6 is 0 Å². The fourth-order valence-corrected chi connectivity index (χ4v) is 1.38. The summed E-state index contributed by atoms with van der Waals surface area (Å²) in [4.78, 5) is 10.9. The van der Waals surface area contributed by atoms with Crippen LogP contribution in [0.4, 0.5) is 0 Å². The predicted molar refractivity (Wildman–Crippen MR) is 59.5 cm³/mol. The molecule has 0 saturated heterocycles. The van der Waals surface area contributed by atoms with Gasteiger partial charge in [0.25, 0.3) is 0 Å². The SMILES string of the molecule is CCCO[C@@H](Cc1cccc(O)c1)C(=O)O. The summed E-state index contributed by atoms with van der Waals surface area (Å²) >= 11 is 0. The van der Waals surface area contributed by atoms with Crippen molar-refractivity contribution in [2.75, 3.05) is 6.61 Å². The minimum atomic E-state index is -0.975. The van der Waals surface area contributed by atoms with Crippen molar-refractivity contribution < 1.29 is 19.7 Å². The van der Waals surface area contributed by atoms with E-state index in [9.17, 15) is 9.90 Å². The molecular weight excluding hydrogens is 208 g/mol. The van der Waals surface area contributed by atoms with Crippen molar-refractivity contribution in [2.24, 2.45) is 0 Å². The lowest BCUT2D eigenvalue weighted by atomic mass is 10.1. The highest BCUT2D eigenvalue weighted by Gasteiger charge is 2.18. The van der Waals surface area contributed by atoms with E-state index in [2.05, 4.69) is 0 Å². The highest BCUT2D eigenvalue weighted by atomic mass is 16.5. The number of phenols is 1. The van der Waals surface area contributed by atoms with Gasteiger partial charge in [-0.2, -0.15) is 0 Å². The monoisotopic (exact) mass is 224 g/mol. The normalized spacial score (nSPS) is 12.3. The Hall–Kier alpha value is -1.55. The van der Waals surface area contributed by atoms with Crippen LogP contribution in [0.15, 0.2) is 24.3 Å². The molecular formula is C12H16O4. The molecule has 1 rings (SSSR count). The van der Waals surface area contributed by atoms with Gasteiger partial charge in [-0.05, 0) is 24.1 Å². The number of phenolic OH excluding ortho intramolecular Hbond substituents is 1. The molecule has 0 amide bonds. The molecule has 0 aliphatic rings. The fourth-order valence-electron chi connectivity index (χ4n) is 1.38. The number of benzene rings is 1. The summed E-state index contributed by atoms with van der Waals surface area (Å²) in [6.07, 6.45) is 0.204. The molecule has 1 aromatic rings. The topological polar surface area (TPSA) is 66.8 Å². The Bertz CT molecular complexity index is 349. The standard InChI is InChI=1S/C12H16O4/c1-2-6-16-11(12(14)15)8-9-4-3-5-10(13)7-9/h3-5,7,11,13H,2,6,8H2,1H3,(H,14,15)/t11-/m0/s1. The van der Waals surface area contributed by atoms with Gasteiger partial charge in [-0.25, -0.2) is 4.79 Å². The van der Waals surface area contributed by atoms with Gasteiger partial charge in [0.05, 0.1) is 0 Å². The molecule has 1 atom stereocenters. The molecule has 4 heteroatoms. The lowest BCUT2D eigenvalue weighted by molar-refractivity contribution is -0.150. The lowest BCUT2D eigenvalue weighted by Crippen LogP contribution is -2.26. The summed E-state index contributed by atoms with van der Waals surface area (Å²) < 4.78 is 5.22. The van der Waals surface area contributed by atoms with Gasteiger partial charge >= 0.3 is 5.97 Å². The Balaban J connectivity index is 2.64. The van der Waals surface area contributed by atoms with Crippen LogP contribution < -0.4 is 0 Å². The van der Waals surface area contributed by atoms with Gasteiger partial charge in [0.2, 0.25) is 0 Å². The van der Waals surface area contributed by atoms with Crippen LogP contribution in [-0.4, -0.2) is 28.9 Å². The Labute approximate surface area is 94.5 Å². The smallest absolute Gasteiger partial charge is 0.333 e. The second-order valence-electron chi connectivity index (χ2n) is 3.57. The number of carboxylic acid groups (broad SMARTS) is 1. The number of hydrogen-bond donors (Lipinski definition) is 2. The van der Waals surface area contributed by atoms with Crippen LogP contribution in [0.3, 0.4) is 0 Å². The molecule has 0 aliphatic carbocycles. The summed E-state index contributed by atoms with van der Waals surface area (Å²) in [6.45, 7) is 2.35. The van der Waals surface area contributed by atoms with Crippen molar-refractivity contribution >= 4 is 5.97 Å². The number of aliphatic carboxylic acids is 1. The maximum atomic E-state index is 10.9. The first kappa shape index (κ1) is 12.5. The molecule has 88 valence electrons. The summed E-state index contributed by atoms with van der Waals surface area (Å²) in [6, 6.07) is 6.55. The van der Waals surface area contributed by atoms with E-state index in [0.717, 1.165) is 12.0 Å². The highest BCUT2D eigenvalue weighted by molar-refractivity contribution is 5.72. The predicted octanol–water partition coefficient (Wildman–Crippen LogP) is 1.81. The Morgan fingerprint density at radius 1 is 1.50 bits per heavy atom. The zero-order chi connectivity index (χ0) is 12.0. The fraction of sp³-hybridized carbons (Fsp3) is 0.417. The third kappa shape index (κ3) is 3.90. The summed E-state index contributed by atoms with van der Waals surface area (Å²) in [5.41, 5.74) is 0.753. The van der Waals surface area contributed by atoms with Gasteiger partial charge in [0, 0.05) is 13.0 Å². The van der Waals surface area contributed by atoms with Gasteiger partial charge < -0.3 is 14.9 Å². The van der Waals surface area contributed by atoms with Crippen LogP contribution in [0.25, 0.3) is 0 Å². The van der Waals surface area contributed by atoms with Crippen molar-refractivity contribution in [2.45, 2.75) is 25.9 Å². The van der Waals surface area contributed by atoms with E-state index in [0.29, 0.717) is 6.61 Å². The maximum Gasteiger partial charge on any atom is 0.333 e. The molecule has 0 spiro atoms. The van der Waals surface area contributed by atoms with E-state index in [1.54, 1.807) is 24.3 Å². The van der Waals surface area contributed by atoms with Crippen molar-refractivity contribution in [1.29, 1.82) is 0 Å². The van der Waals surface area contributed by atoms with Gasteiger partial charge in [0.15, 0.2) is 6.10 Å². The number of carbonyl (C=O) groups is 1. The van der Waals surface area contributed by atoms with Crippen LogP contribution in [0.1, 0.15) is 18.9 Å². The minimum absolute atomic E-state index is 0.136. The van der Waals surface area contributed by atoms with E-state index in [1.807, 2.05) is 6.92 Å². The summed E-state index contributed by atoms with van der Waals surface area (Å²) in [7, 11) is 0. The molecule has 1 aromatic carbocycles. The van der Waals surface area contributed by atoms with E-state index in [1.165, 1.54) is 0 Å². The van der Waals surface area contributed by atoms with Crippen LogP contribution in [0, 0.1) is 0 Å². The summed E-state index contributed by atoms with van der Waals surface area (Å²) in [5.74, 6) is -0.839. The first-order valence-corrected chi connectivity index (χ1v) is 5.25. The van der Waals surface area contributed by atoms with Crippen molar-refractivity contribution in [1.82, 2.24) is 0 Å². The Morgan fingerprint density at radius 3 is 2.81 bits per heavy atom. The van der Waals surface area contributed by atoms with Crippen molar-refractivity contribution in [3.63, 3.8) is 0 Å². The molecule has 0 heterocycles. The average Bonchev–Trinajstić information content (AvgIpc) is 2.24. The lowest BCUT2D eigenvalue weighted by Gasteiger charge is -2.13. The van der Waals surface area contributed by atoms with Crippen LogP contribution in [-0.2, 0) is 16.0 Å². The quantitative estimate of drug-likeness (QED) is 0.773. The average molecular weight is 224 g/mol. The van der Waals surface area contributed by atoms with Crippen LogP contribution in [0.5, 0.6) is 5.75 Å². The molecule has 0 saturated carbocycles.